The number of aryl methyl sites for hydroxylation is 3. The van der Waals surface area contributed by atoms with Gasteiger partial charge in [0.05, 0.1) is 11.0 Å². The third kappa shape index (κ3) is 5.03. The summed E-state index contributed by atoms with van der Waals surface area (Å²) >= 11 is 0. The highest BCUT2D eigenvalue weighted by Gasteiger charge is 2.46. The lowest BCUT2D eigenvalue weighted by Crippen LogP contribution is -2.60. The lowest BCUT2D eigenvalue weighted by Gasteiger charge is -2.43. The van der Waals surface area contributed by atoms with Crippen molar-refractivity contribution in [3.05, 3.63) is 149 Å². The maximum atomic E-state index is 2.74. The highest BCUT2D eigenvalue weighted by Crippen LogP contribution is 2.54. The largest absolute Gasteiger partial charge is 0.376 e. The average Bonchev–Trinajstić information content (AvgIpc) is 3.68. The quantitative estimate of drug-likeness (QED) is 0.106. The Kier molecular flexibility index (Phi) is 7.91. The number of unbranched alkanes of at least 4 members (excludes halogenated alkanes) is 4. The van der Waals surface area contributed by atoms with E-state index < -0.39 is 0 Å². The Balaban J connectivity index is 1.25. The van der Waals surface area contributed by atoms with Crippen LogP contribution in [-0.2, 0) is 18.3 Å². The highest BCUT2D eigenvalue weighted by atomic mass is 15.1. The van der Waals surface area contributed by atoms with Crippen LogP contribution in [0.3, 0.4) is 0 Å². The Hall–Kier alpha value is -5.54. The number of fused-ring (bicyclic) bond motifs is 12. The van der Waals surface area contributed by atoms with Crippen LogP contribution in [0.5, 0.6) is 0 Å². The van der Waals surface area contributed by atoms with Crippen molar-refractivity contribution in [1.29, 1.82) is 0 Å². The van der Waals surface area contributed by atoms with E-state index in [-0.39, 0.29) is 12.3 Å². The van der Waals surface area contributed by atoms with E-state index in [1.54, 1.807) is 0 Å². The van der Waals surface area contributed by atoms with E-state index in [0.29, 0.717) is 0 Å². The molecule has 8 aromatic rings. The molecule has 3 heteroatoms. The van der Waals surface area contributed by atoms with E-state index >= 15 is 0 Å². The Labute approximate surface area is 338 Å². The minimum Gasteiger partial charge on any atom is -0.376 e. The molecule has 0 spiro atoms. The van der Waals surface area contributed by atoms with Crippen molar-refractivity contribution in [3.8, 4) is 27.9 Å². The Bertz CT molecular complexity index is 2930. The minimum absolute atomic E-state index is 0.0267. The van der Waals surface area contributed by atoms with Crippen molar-refractivity contribution in [3.63, 3.8) is 0 Å². The molecule has 0 atom stereocenters. The Morgan fingerprint density at radius 2 is 1.28 bits per heavy atom. The number of hydrogen-bond acceptors (Lipinski definition) is 1. The van der Waals surface area contributed by atoms with Crippen molar-refractivity contribution >= 4 is 61.7 Å². The lowest BCUT2D eigenvalue weighted by molar-refractivity contribution is 0.660. The van der Waals surface area contributed by atoms with Gasteiger partial charge in [0, 0.05) is 38.8 Å². The van der Waals surface area contributed by atoms with Crippen LogP contribution in [0, 0.1) is 6.92 Å². The molecule has 0 bridgehead atoms. The van der Waals surface area contributed by atoms with Gasteiger partial charge in [-0.2, -0.15) is 0 Å². The van der Waals surface area contributed by atoms with Crippen LogP contribution in [0.15, 0.2) is 121 Å². The molecule has 0 unspecified atom stereocenters. The van der Waals surface area contributed by atoms with Crippen molar-refractivity contribution in [2.45, 2.75) is 91.4 Å². The smallest absolute Gasteiger partial charge is 0.333 e. The first-order valence-corrected chi connectivity index (χ1v) is 21.7. The topological polar surface area (TPSA) is 8.17 Å². The van der Waals surface area contributed by atoms with Crippen LogP contribution >= 0.6 is 0 Å². The molecule has 0 saturated heterocycles. The van der Waals surface area contributed by atoms with Crippen LogP contribution in [0.1, 0.15) is 94.0 Å². The second-order valence-electron chi connectivity index (χ2n) is 17.8. The van der Waals surface area contributed by atoms with E-state index in [1.165, 1.54) is 149 Å². The fourth-order valence-electron chi connectivity index (χ4n) is 11.0. The summed E-state index contributed by atoms with van der Waals surface area (Å²) in [4.78, 5) is 2.74. The lowest BCUT2D eigenvalue weighted by atomic mass is 9.43. The zero-order chi connectivity index (χ0) is 38.6. The molecule has 1 aromatic heterocycles. The van der Waals surface area contributed by atoms with Crippen LogP contribution in [0.25, 0.3) is 60.5 Å². The van der Waals surface area contributed by atoms with Gasteiger partial charge in [-0.25, -0.2) is 0 Å². The standard InChI is InChI=1S/C54H51BN2/c1-6-8-10-16-35-22-25-39(26-23-35)57-50-33-46-41(40-20-14-15-21-45(40)54(46,4)5)32-42(50)43-28-34(3)51-44-30-37-18-12-13-19-38(37)31-49(44)56-48-27-24-36(17-11-9-7-2)29-47(48)55(57)52(43)53(51)56/h12-15,18-33H,6-11,16-17H2,1-5H3. The summed E-state index contributed by atoms with van der Waals surface area (Å²) in [5.74, 6) is 0. The zero-order valence-corrected chi connectivity index (χ0v) is 34.2. The normalized spacial score (nSPS) is 14.3. The fraction of sp³-hybridized carbons (Fsp3) is 0.259. The van der Waals surface area contributed by atoms with Crippen LogP contribution in [0.4, 0.5) is 11.4 Å². The van der Waals surface area contributed by atoms with Crippen molar-refractivity contribution in [2.24, 2.45) is 0 Å². The molecule has 2 nitrogen and oxygen atoms in total. The van der Waals surface area contributed by atoms with Gasteiger partial charge in [-0.15, -0.1) is 0 Å². The molecule has 11 rings (SSSR count). The molecule has 0 fully saturated rings. The molecule has 3 heterocycles. The molecule has 280 valence electrons. The summed E-state index contributed by atoms with van der Waals surface area (Å²) in [5, 5.41) is 5.32. The minimum atomic E-state index is -0.0960. The summed E-state index contributed by atoms with van der Waals surface area (Å²) in [5.41, 5.74) is 21.9. The molecule has 2 aliphatic heterocycles. The molecular weight excluding hydrogens is 687 g/mol. The fourth-order valence-corrected chi connectivity index (χ4v) is 11.0. The second kappa shape index (κ2) is 13.0. The predicted molar refractivity (Wildman–Crippen MR) is 246 cm³/mol. The molecule has 7 aromatic carbocycles. The van der Waals surface area contributed by atoms with Crippen molar-refractivity contribution in [2.75, 3.05) is 4.81 Å². The molecular formula is C54H51BN2. The summed E-state index contributed by atoms with van der Waals surface area (Å²) < 4.78 is 2.65. The molecule has 3 aliphatic rings. The van der Waals surface area contributed by atoms with E-state index in [0.717, 1.165) is 12.8 Å². The number of hydrogen-bond donors (Lipinski definition) is 0. The first-order chi connectivity index (χ1) is 27.9. The summed E-state index contributed by atoms with van der Waals surface area (Å²) in [7, 11) is 0. The van der Waals surface area contributed by atoms with E-state index in [9.17, 15) is 0 Å². The Morgan fingerprint density at radius 3 is 2.05 bits per heavy atom. The van der Waals surface area contributed by atoms with Crippen LogP contribution < -0.4 is 15.7 Å². The molecule has 57 heavy (non-hydrogen) atoms. The maximum absolute atomic E-state index is 2.74. The highest BCUT2D eigenvalue weighted by molar-refractivity contribution is 6.93. The first kappa shape index (κ1) is 34.7. The van der Waals surface area contributed by atoms with Gasteiger partial charge in [-0.3, -0.25) is 0 Å². The van der Waals surface area contributed by atoms with Gasteiger partial charge in [0.25, 0.3) is 0 Å². The number of rotatable bonds is 9. The third-order valence-electron chi connectivity index (χ3n) is 13.9. The number of aromatic nitrogens is 1. The van der Waals surface area contributed by atoms with Gasteiger partial charge in [-0.1, -0.05) is 132 Å². The Morgan fingerprint density at radius 1 is 0.579 bits per heavy atom. The van der Waals surface area contributed by atoms with Gasteiger partial charge in [0.2, 0.25) is 0 Å². The van der Waals surface area contributed by atoms with Gasteiger partial charge < -0.3 is 9.38 Å². The number of anilines is 2. The van der Waals surface area contributed by atoms with Crippen LogP contribution in [-0.4, -0.2) is 11.4 Å². The summed E-state index contributed by atoms with van der Waals surface area (Å²) in [6.45, 7) is 11.8. The van der Waals surface area contributed by atoms with Gasteiger partial charge >= 0.3 is 6.85 Å². The average molecular weight is 739 g/mol. The van der Waals surface area contributed by atoms with Gasteiger partial charge in [0.15, 0.2) is 0 Å². The predicted octanol–water partition coefficient (Wildman–Crippen LogP) is 13.3. The zero-order valence-electron chi connectivity index (χ0n) is 34.2. The second-order valence-corrected chi connectivity index (χ2v) is 17.8. The van der Waals surface area contributed by atoms with E-state index in [2.05, 4.69) is 165 Å². The molecule has 0 N–H and O–H groups in total. The van der Waals surface area contributed by atoms with E-state index in [1.807, 2.05) is 0 Å². The third-order valence-corrected chi connectivity index (χ3v) is 13.9. The molecule has 0 radical (unpaired) electrons. The molecule has 0 saturated carbocycles. The number of benzene rings is 7. The summed E-state index contributed by atoms with van der Waals surface area (Å²) in [6, 6.07) is 47.8. The SMILES string of the molecule is CCCCCc1ccc(N2B3c4cc(CCCCC)ccc4-n4c5cc6ccccc6cc5c5c(C)cc(c3c54)-c3cc4c(cc32)C(C)(C)c2ccccc2-4)cc1. The van der Waals surface area contributed by atoms with Gasteiger partial charge in [0.1, 0.15) is 0 Å². The summed E-state index contributed by atoms with van der Waals surface area (Å²) in [6.07, 6.45) is 9.72. The van der Waals surface area contributed by atoms with Crippen molar-refractivity contribution < 1.29 is 0 Å². The van der Waals surface area contributed by atoms with Crippen LogP contribution in [0.2, 0.25) is 0 Å². The maximum Gasteiger partial charge on any atom is 0.333 e. The van der Waals surface area contributed by atoms with E-state index in [4.69, 9.17) is 0 Å². The monoisotopic (exact) mass is 738 g/mol. The first-order valence-electron chi connectivity index (χ1n) is 21.7. The molecule has 0 amide bonds. The van der Waals surface area contributed by atoms with Crippen molar-refractivity contribution in [1.82, 2.24) is 4.57 Å². The number of nitrogens with zero attached hydrogens (tertiary/aromatic N) is 2. The van der Waals surface area contributed by atoms with Gasteiger partial charge in [-0.05, 0) is 141 Å². The molecule has 1 aliphatic carbocycles.